The molecule has 4 rings (SSSR count). The van der Waals surface area contributed by atoms with Gasteiger partial charge in [0, 0.05) is 24.0 Å². The zero-order valence-corrected chi connectivity index (χ0v) is 17.4. The molecule has 0 spiro atoms. The van der Waals surface area contributed by atoms with Gasteiger partial charge in [0.15, 0.2) is 11.4 Å². The van der Waals surface area contributed by atoms with Crippen LogP contribution in [0.1, 0.15) is 11.3 Å². The highest BCUT2D eigenvalue weighted by molar-refractivity contribution is 7.92. The Kier molecular flexibility index (Phi) is 5.22. The topological polar surface area (TPSA) is 121 Å². The van der Waals surface area contributed by atoms with Crippen LogP contribution in [0.5, 0.6) is 11.6 Å². The van der Waals surface area contributed by atoms with E-state index in [0.717, 1.165) is 0 Å². The highest BCUT2D eigenvalue weighted by Gasteiger charge is 2.25. The van der Waals surface area contributed by atoms with Gasteiger partial charge in [0.1, 0.15) is 16.0 Å². The fraction of sp³-hybridized carbons (Fsp3) is 0.150. The van der Waals surface area contributed by atoms with Crippen molar-refractivity contribution in [2.75, 3.05) is 18.9 Å². The Morgan fingerprint density at radius 1 is 1.26 bits per heavy atom. The third-order valence-corrected chi connectivity index (χ3v) is 5.78. The Morgan fingerprint density at radius 3 is 2.77 bits per heavy atom. The molecule has 158 valence electrons. The lowest BCUT2D eigenvalue weighted by Gasteiger charge is -2.11. The van der Waals surface area contributed by atoms with Crippen molar-refractivity contribution >= 4 is 26.8 Å². The Morgan fingerprint density at radius 2 is 2.10 bits per heavy atom. The van der Waals surface area contributed by atoms with Gasteiger partial charge in [-0.25, -0.2) is 13.4 Å². The standard InChI is InChI=1S/C20H17N5O5S/c1-4-13-6-7-17(15(10-13)28-2)31(26,27)24-19-18-16(30-23-19)11-14(22-20(18)29-3)12-25-9-5-8-21-25/h1,5-11H,12H2,2-3H3,(H,23,24). The summed E-state index contributed by atoms with van der Waals surface area (Å²) in [5, 5.41) is 8.28. The zero-order chi connectivity index (χ0) is 22.0. The van der Waals surface area contributed by atoms with Gasteiger partial charge in [-0.1, -0.05) is 11.1 Å². The largest absolute Gasteiger partial charge is 0.495 e. The number of sulfonamides is 1. The minimum Gasteiger partial charge on any atom is -0.495 e. The molecule has 0 saturated heterocycles. The molecule has 0 amide bonds. The first kappa shape index (κ1) is 20.2. The normalized spacial score (nSPS) is 11.3. The molecule has 0 unspecified atom stereocenters. The first-order chi connectivity index (χ1) is 14.9. The van der Waals surface area contributed by atoms with E-state index in [1.165, 1.54) is 32.4 Å². The van der Waals surface area contributed by atoms with Gasteiger partial charge in [-0.3, -0.25) is 9.40 Å². The molecule has 0 aliphatic carbocycles. The van der Waals surface area contributed by atoms with E-state index in [9.17, 15) is 8.42 Å². The van der Waals surface area contributed by atoms with Gasteiger partial charge in [-0.05, 0) is 24.3 Å². The minimum absolute atomic E-state index is 0.0620. The summed E-state index contributed by atoms with van der Waals surface area (Å²) in [6, 6.07) is 7.76. The van der Waals surface area contributed by atoms with Crippen LogP contribution in [0, 0.1) is 12.3 Å². The van der Waals surface area contributed by atoms with E-state index >= 15 is 0 Å². The van der Waals surface area contributed by atoms with E-state index < -0.39 is 10.0 Å². The summed E-state index contributed by atoms with van der Waals surface area (Å²) in [7, 11) is -1.30. The van der Waals surface area contributed by atoms with E-state index in [1.54, 1.807) is 29.2 Å². The van der Waals surface area contributed by atoms with Crippen molar-refractivity contribution in [1.82, 2.24) is 19.9 Å². The number of terminal acetylenes is 1. The molecule has 10 nitrogen and oxygen atoms in total. The van der Waals surface area contributed by atoms with Crippen LogP contribution in [-0.4, -0.2) is 42.6 Å². The van der Waals surface area contributed by atoms with Gasteiger partial charge in [0.25, 0.3) is 10.0 Å². The molecule has 3 heterocycles. The van der Waals surface area contributed by atoms with Gasteiger partial charge in [-0.2, -0.15) is 5.10 Å². The lowest BCUT2D eigenvalue weighted by atomic mass is 10.2. The first-order valence-corrected chi connectivity index (χ1v) is 10.4. The maximum absolute atomic E-state index is 13.0. The van der Waals surface area contributed by atoms with Crippen LogP contribution in [0.4, 0.5) is 5.82 Å². The molecule has 0 atom stereocenters. The second-order valence-corrected chi connectivity index (χ2v) is 8.00. The van der Waals surface area contributed by atoms with Crippen LogP contribution in [-0.2, 0) is 16.6 Å². The third-order valence-electron chi connectivity index (χ3n) is 4.40. The van der Waals surface area contributed by atoms with Gasteiger partial charge in [0.2, 0.25) is 5.88 Å². The van der Waals surface area contributed by atoms with Gasteiger partial charge in [-0.15, -0.1) is 6.42 Å². The summed E-state index contributed by atoms with van der Waals surface area (Å²) in [6.07, 6.45) is 8.81. The molecule has 0 aliphatic heterocycles. The van der Waals surface area contributed by atoms with Crippen LogP contribution >= 0.6 is 0 Å². The third kappa shape index (κ3) is 3.88. The molecule has 0 fully saturated rings. The van der Waals surface area contributed by atoms with Gasteiger partial charge >= 0.3 is 0 Å². The molecule has 4 aromatic rings. The van der Waals surface area contributed by atoms with E-state index in [2.05, 4.69) is 25.9 Å². The van der Waals surface area contributed by atoms with E-state index in [4.69, 9.17) is 20.4 Å². The summed E-state index contributed by atoms with van der Waals surface area (Å²) in [4.78, 5) is 4.32. The maximum atomic E-state index is 13.0. The number of ether oxygens (including phenoxy) is 2. The highest BCUT2D eigenvalue weighted by Crippen LogP contribution is 2.34. The number of fused-ring (bicyclic) bond motifs is 1. The molecule has 0 radical (unpaired) electrons. The molecule has 1 N–H and O–H groups in total. The zero-order valence-electron chi connectivity index (χ0n) is 16.6. The smallest absolute Gasteiger partial charge is 0.266 e. The fourth-order valence-corrected chi connectivity index (χ4v) is 4.16. The number of anilines is 1. The lowest BCUT2D eigenvalue weighted by Crippen LogP contribution is -2.15. The summed E-state index contributed by atoms with van der Waals surface area (Å²) >= 11 is 0. The number of methoxy groups -OCH3 is 2. The SMILES string of the molecule is C#Cc1ccc(S(=O)(=O)Nc2noc3cc(Cn4cccn4)nc(OC)c23)c(OC)c1. The number of nitrogens with one attached hydrogen (secondary N) is 1. The van der Waals surface area contributed by atoms with Gasteiger partial charge < -0.3 is 14.0 Å². The molecule has 0 saturated carbocycles. The molecule has 31 heavy (non-hydrogen) atoms. The Balaban J connectivity index is 1.73. The average Bonchev–Trinajstić information content (AvgIpc) is 3.42. The number of pyridine rings is 1. The summed E-state index contributed by atoms with van der Waals surface area (Å²) in [6.45, 7) is 0.375. The van der Waals surface area contributed by atoms with Crippen molar-refractivity contribution in [3.8, 4) is 24.0 Å². The Labute approximate surface area is 177 Å². The van der Waals surface area contributed by atoms with Gasteiger partial charge in [0.05, 0.1) is 26.5 Å². The van der Waals surface area contributed by atoms with E-state index in [-0.39, 0.29) is 27.7 Å². The van der Waals surface area contributed by atoms with Crippen LogP contribution in [0.2, 0.25) is 0 Å². The summed E-state index contributed by atoms with van der Waals surface area (Å²) in [5.41, 5.74) is 1.39. The van der Waals surface area contributed by atoms with Crippen LogP contribution < -0.4 is 14.2 Å². The molecular weight excluding hydrogens is 422 g/mol. The second-order valence-electron chi connectivity index (χ2n) is 6.35. The minimum atomic E-state index is -4.08. The van der Waals surface area contributed by atoms with Crippen LogP contribution in [0.25, 0.3) is 11.0 Å². The van der Waals surface area contributed by atoms with Crippen molar-refractivity contribution in [2.24, 2.45) is 0 Å². The number of benzene rings is 1. The first-order valence-electron chi connectivity index (χ1n) is 8.93. The molecule has 11 heteroatoms. The van der Waals surface area contributed by atoms with Crippen molar-refractivity contribution in [3.63, 3.8) is 0 Å². The average molecular weight is 439 g/mol. The highest BCUT2D eigenvalue weighted by atomic mass is 32.2. The second kappa shape index (κ2) is 8.00. The van der Waals surface area contributed by atoms with Crippen molar-refractivity contribution in [3.05, 3.63) is 54.0 Å². The maximum Gasteiger partial charge on any atom is 0.266 e. The number of nitrogens with zero attached hydrogens (tertiary/aromatic N) is 4. The molecule has 0 bridgehead atoms. The fourth-order valence-electron chi connectivity index (χ4n) is 3.00. The summed E-state index contributed by atoms with van der Waals surface area (Å²) in [5.74, 6) is 2.63. The number of hydrogen-bond donors (Lipinski definition) is 1. The summed E-state index contributed by atoms with van der Waals surface area (Å²) < 4.78 is 46.0. The Hall–Kier alpha value is -4.04. The van der Waals surface area contributed by atoms with Crippen LogP contribution in [0.15, 0.2) is 52.1 Å². The van der Waals surface area contributed by atoms with E-state index in [1.807, 2.05) is 0 Å². The molecule has 0 aliphatic rings. The predicted molar refractivity (Wildman–Crippen MR) is 111 cm³/mol. The quantitative estimate of drug-likeness (QED) is 0.435. The van der Waals surface area contributed by atoms with Crippen molar-refractivity contribution < 1.29 is 22.4 Å². The number of rotatable bonds is 7. The molecule has 1 aromatic carbocycles. The Bertz CT molecular complexity index is 1390. The van der Waals surface area contributed by atoms with Crippen molar-refractivity contribution in [2.45, 2.75) is 11.4 Å². The lowest BCUT2D eigenvalue weighted by molar-refractivity contribution is 0.400. The molecular formula is C20H17N5O5S. The van der Waals surface area contributed by atoms with Crippen molar-refractivity contribution in [1.29, 1.82) is 0 Å². The van der Waals surface area contributed by atoms with E-state index in [0.29, 0.717) is 23.4 Å². The number of hydrogen-bond acceptors (Lipinski definition) is 8. The monoisotopic (exact) mass is 439 g/mol. The number of aromatic nitrogens is 4. The predicted octanol–water partition coefficient (Wildman–Crippen LogP) is 2.27. The molecule has 3 aromatic heterocycles. The van der Waals surface area contributed by atoms with Crippen LogP contribution in [0.3, 0.4) is 0 Å².